The lowest BCUT2D eigenvalue weighted by Gasteiger charge is -2.13. The second-order valence-corrected chi connectivity index (χ2v) is 7.01. The fourth-order valence-corrected chi connectivity index (χ4v) is 4.32. The van der Waals surface area contributed by atoms with E-state index >= 15 is 0 Å². The van der Waals surface area contributed by atoms with Gasteiger partial charge in [0.25, 0.3) is 0 Å². The van der Waals surface area contributed by atoms with Crippen molar-refractivity contribution in [3.05, 3.63) is 55.3 Å². The largest absolute Gasteiger partial charge is 0.288 e. The first-order valence-corrected chi connectivity index (χ1v) is 8.04. The van der Waals surface area contributed by atoms with Crippen LogP contribution in [0.4, 0.5) is 0 Å². The summed E-state index contributed by atoms with van der Waals surface area (Å²) < 4.78 is 0. The summed E-state index contributed by atoms with van der Waals surface area (Å²) in [7, 11) is 0. The highest BCUT2D eigenvalue weighted by Crippen LogP contribution is 2.33. The van der Waals surface area contributed by atoms with E-state index in [0.29, 0.717) is 0 Å². The second-order valence-electron chi connectivity index (χ2n) is 5.88. The molecule has 1 heterocycles. The van der Waals surface area contributed by atoms with Crippen molar-refractivity contribution in [2.45, 2.75) is 47.0 Å². The lowest BCUT2D eigenvalue weighted by atomic mass is 9.91. The van der Waals surface area contributed by atoms with Crippen LogP contribution in [-0.4, -0.2) is 5.78 Å². The Balaban J connectivity index is 2.10. The Labute approximate surface area is 124 Å². The number of benzene rings is 1. The first-order valence-electron chi connectivity index (χ1n) is 7.22. The minimum absolute atomic E-state index is 0.214. The van der Waals surface area contributed by atoms with Crippen molar-refractivity contribution < 1.29 is 4.79 Å². The van der Waals surface area contributed by atoms with Gasteiger partial charge in [0.1, 0.15) is 0 Å². The third-order valence-electron chi connectivity index (χ3n) is 4.56. The minimum atomic E-state index is 0.214. The van der Waals surface area contributed by atoms with Crippen molar-refractivity contribution in [1.82, 2.24) is 0 Å². The van der Waals surface area contributed by atoms with Crippen molar-refractivity contribution in [2.24, 2.45) is 0 Å². The molecule has 1 aliphatic carbocycles. The van der Waals surface area contributed by atoms with Crippen LogP contribution in [0.2, 0.25) is 0 Å². The Kier molecular flexibility index (Phi) is 3.29. The summed E-state index contributed by atoms with van der Waals surface area (Å²) in [6, 6.07) is 4.31. The van der Waals surface area contributed by atoms with Crippen LogP contribution < -0.4 is 0 Å². The van der Waals surface area contributed by atoms with Gasteiger partial charge in [-0.15, -0.1) is 11.3 Å². The number of thiophene rings is 1. The number of aryl methyl sites for hydroxylation is 4. The van der Waals surface area contributed by atoms with Gasteiger partial charge in [0.2, 0.25) is 5.78 Å². The average Bonchev–Trinajstić information content (AvgIpc) is 2.97. The summed E-state index contributed by atoms with van der Waals surface area (Å²) in [5, 5.41) is 0. The summed E-state index contributed by atoms with van der Waals surface area (Å²) in [5.74, 6) is 0.214. The first kappa shape index (κ1) is 13.6. The van der Waals surface area contributed by atoms with E-state index in [4.69, 9.17) is 0 Å². The molecule has 1 aliphatic rings. The number of carbonyl (C=O) groups is 1. The molecule has 0 radical (unpaired) electrons. The fraction of sp³-hybridized carbons (Fsp3) is 0.389. The molecule has 0 aliphatic heterocycles. The second kappa shape index (κ2) is 4.85. The van der Waals surface area contributed by atoms with Gasteiger partial charge in [0.15, 0.2) is 0 Å². The van der Waals surface area contributed by atoms with Crippen molar-refractivity contribution in [3.63, 3.8) is 0 Å². The Bertz CT molecular complexity index is 659. The number of ketones is 1. The van der Waals surface area contributed by atoms with Crippen molar-refractivity contribution in [1.29, 1.82) is 0 Å². The van der Waals surface area contributed by atoms with Crippen LogP contribution in [0, 0.1) is 27.7 Å². The summed E-state index contributed by atoms with van der Waals surface area (Å²) >= 11 is 1.70. The van der Waals surface area contributed by atoms with Crippen LogP contribution in [-0.2, 0) is 12.8 Å². The standard InChI is InChI=1S/C18H20OS/c1-10-8-11(2)13(4)17(12(10)3)18(19)16-9-14-6-5-7-15(14)20-16/h8-9H,5-7H2,1-4H3. The van der Waals surface area contributed by atoms with Gasteiger partial charge in [0, 0.05) is 10.4 Å². The Morgan fingerprint density at radius 1 is 1.00 bits per heavy atom. The van der Waals surface area contributed by atoms with Gasteiger partial charge < -0.3 is 0 Å². The molecule has 3 rings (SSSR count). The number of carbonyl (C=O) groups excluding carboxylic acids is 1. The molecule has 0 amide bonds. The maximum absolute atomic E-state index is 12.9. The molecule has 1 aromatic carbocycles. The van der Waals surface area contributed by atoms with Gasteiger partial charge in [-0.2, -0.15) is 0 Å². The molecule has 1 nitrogen and oxygen atoms in total. The van der Waals surface area contributed by atoms with Crippen LogP contribution in [0.3, 0.4) is 0 Å². The van der Waals surface area contributed by atoms with Gasteiger partial charge >= 0.3 is 0 Å². The molecule has 0 spiro atoms. The zero-order valence-corrected chi connectivity index (χ0v) is 13.4. The van der Waals surface area contributed by atoms with Crippen molar-refractivity contribution >= 4 is 17.1 Å². The number of rotatable bonds is 2. The molecule has 0 bridgehead atoms. The van der Waals surface area contributed by atoms with E-state index in [1.807, 2.05) is 0 Å². The van der Waals surface area contributed by atoms with Gasteiger partial charge in [-0.1, -0.05) is 6.07 Å². The monoisotopic (exact) mass is 284 g/mol. The normalized spacial score (nSPS) is 13.6. The molecule has 0 N–H and O–H groups in total. The van der Waals surface area contributed by atoms with Gasteiger partial charge in [-0.05, 0) is 80.8 Å². The van der Waals surface area contributed by atoms with Gasteiger partial charge in [-0.25, -0.2) is 0 Å². The summed E-state index contributed by atoms with van der Waals surface area (Å²) in [5.41, 5.74) is 7.00. The third-order valence-corrected chi connectivity index (χ3v) is 5.80. The number of hydrogen-bond acceptors (Lipinski definition) is 2. The minimum Gasteiger partial charge on any atom is -0.288 e. The summed E-state index contributed by atoms with van der Waals surface area (Å²) in [4.78, 5) is 15.3. The van der Waals surface area contributed by atoms with E-state index in [9.17, 15) is 4.79 Å². The molecule has 0 atom stereocenters. The van der Waals surface area contributed by atoms with Crippen LogP contribution in [0.5, 0.6) is 0 Å². The Hall–Kier alpha value is -1.41. The van der Waals surface area contributed by atoms with Crippen molar-refractivity contribution in [3.8, 4) is 0 Å². The maximum Gasteiger partial charge on any atom is 0.203 e. The van der Waals surface area contributed by atoms with Crippen LogP contribution in [0.1, 0.15) is 54.4 Å². The molecule has 104 valence electrons. The number of hydrogen-bond donors (Lipinski definition) is 0. The van der Waals surface area contributed by atoms with E-state index in [2.05, 4.69) is 39.8 Å². The lowest BCUT2D eigenvalue weighted by Crippen LogP contribution is -2.07. The predicted molar refractivity (Wildman–Crippen MR) is 85.2 cm³/mol. The van der Waals surface area contributed by atoms with Crippen LogP contribution in [0.15, 0.2) is 12.1 Å². The number of fused-ring (bicyclic) bond motifs is 1. The third kappa shape index (κ3) is 2.03. The zero-order valence-electron chi connectivity index (χ0n) is 12.6. The smallest absolute Gasteiger partial charge is 0.203 e. The lowest BCUT2D eigenvalue weighted by molar-refractivity contribution is 0.104. The molecule has 20 heavy (non-hydrogen) atoms. The van der Waals surface area contributed by atoms with E-state index in [-0.39, 0.29) is 5.78 Å². The summed E-state index contributed by atoms with van der Waals surface area (Å²) in [6.45, 7) is 8.31. The maximum atomic E-state index is 12.9. The van der Waals surface area contributed by atoms with E-state index in [1.54, 1.807) is 11.3 Å². The molecule has 0 fully saturated rings. The van der Waals surface area contributed by atoms with Crippen LogP contribution in [0.25, 0.3) is 0 Å². The van der Waals surface area contributed by atoms with Gasteiger partial charge in [-0.3, -0.25) is 4.79 Å². The predicted octanol–water partition coefficient (Wildman–Crippen LogP) is 4.70. The average molecular weight is 284 g/mol. The highest BCUT2D eigenvalue weighted by atomic mass is 32.1. The highest BCUT2D eigenvalue weighted by molar-refractivity contribution is 7.14. The molecular weight excluding hydrogens is 264 g/mol. The van der Waals surface area contributed by atoms with Gasteiger partial charge in [0.05, 0.1) is 4.88 Å². The fourth-order valence-electron chi connectivity index (χ4n) is 3.12. The molecular formula is C18H20OS. The van der Waals surface area contributed by atoms with E-state index in [0.717, 1.165) is 34.4 Å². The summed E-state index contributed by atoms with van der Waals surface area (Å²) in [6.07, 6.45) is 3.54. The molecule has 0 unspecified atom stereocenters. The molecule has 2 heteroatoms. The molecule has 0 saturated carbocycles. The van der Waals surface area contributed by atoms with E-state index in [1.165, 1.54) is 28.0 Å². The first-order chi connectivity index (χ1) is 9.49. The molecule has 1 aromatic heterocycles. The Morgan fingerprint density at radius 3 is 2.25 bits per heavy atom. The Morgan fingerprint density at radius 2 is 1.65 bits per heavy atom. The molecule has 0 saturated heterocycles. The highest BCUT2D eigenvalue weighted by Gasteiger charge is 2.22. The SMILES string of the molecule is Cc1cc(C)c(C)c(C(=O)c2cc3c(s2)CCC3)c1C. The quantitative estimate of drug-likeness (QED) is 0.730. The topological polar surface area (TPSA) is 17.1 Å². The van der Waals surface area contributed by atoms with Crippen LogP contribution >= 0.6 is 11.3 Å². The molecule has 2 aromatic rings. The zero-order chi connectivity index (χ0) is 14.4. The van der Waals surface area contributed by atoms with E-state index < -0.39 is 0 Å². The van der Waals surface area contributed by atoms with Crippen molar-refractivity contribution in [2.75, 3.05) is 0 Å².